The van der Waals surface area contributed by atoms with E-state index >= 15 is 0 Å². The van der Waals surface area contributed by atoms with Gasteiger partial charge in [-0.15, -0.1) is 0 Å². The van der Waals surface area contributed by atoms with Crippen molar-refractivity contribution in [2.45, 2.75) is 19.5 Å². The Labute approximate surface area is 126 Å². The molecule has 0 radical (unpaired) electrons. The van der Waals surface area contributed by atoms with Crippen molar-refractivity contribution >= 4 is 11.8 Å². The van der Waals surface area contributed by atoms with Gasteiger partial charge in [0, 0.05) is 24.1 Å². The lowest BCUT2D eigenvalue weighted by atomic mass is 10.2. The number of furan rings is 1. The van der Waals surface area contributed by atoms with Crippen molar-refractivity contribution in [3.8, 4) is 5.75 Å². The van der Waals surface area contributed by atoms with Crippen molar-refractivity contribution in [3.05, 3.63) is 52.0 Å². The van der Waals surface area contributed by atoms with E-state index < -0.39 is 5.43 Å². The third-order valence-corrected chi connectivity index (χ3v) is 4.58. The molecule has 5 nitrogen and oxygen atoms in total. The number of rotatable bonds is 3. The fourth-order valence-electron chi connectivity index (χ4n) is 2.45. The van der Waals surface area contributed by atoms with Gasteiger partial charge in [0.1, 0.15) is 23.5 Å². The summed E-state index contributed by atoms with van der Waals surface area (Å²) in [5.41, 5.74) is -0.409. The highest BCUT2D eigenvalue weighted by atomic mass is 32.2. The molecule has 1 aliphatic heterocycles. The van der Waals surface area contributed by atoms with Crippen LogP contribution in [-0.4, -0.2) is 28.1 Å². The Bertz CT molecular complexity index is 678. The lowest BCUT2D eigenvalue weighted by Gasteiger charge is -2.33. The van der Waals surface area contributed by atoms with Gasteiger partial charge < -0.3 is 13.9 Å². The molecular formula is C15H17NO4S. The van der Waals surface area contributed by atoms with Crippen molar-refractivity contribution in [1.29, 1.82) is 0 Å². The van der Waals surface area contributed by atoms with E-state index in [0.29, 0.717) is 12.3 Å². The maximum Gasteiger partial charge on any atom is 0.226 e. The SMILES string of the molecule is Cc1ccc(C2CSCCN2Cc2cc(=O)c(O)co2)o1. The normalized spacial score (nSPS) is 19.8. The van der Waals surface area contributed by atoms with Gasteiger partial charge in [0.2, 0.25) is 5.43 Å². The molecule has 3 rings (SSSR count). The third-order valence-electron chi connectivity index (χ3n) is 3.55. The smallest absolute Gasteiger partial charge is 0.226 e. The van der Waals surface area contributed by atoms with Gasteiger partial charge in [-0.25, -0.2) is 0 Å². The van der Waals surface area contributed by atoms with Gasteiger partial charge in [-0.3, -0.25) is 9.69 Å². The van der Waals surface area contributed by atoms with E-state index in [9.17, 15) is 9.90 Å². The van der Waals surface area contributed by atoms with Crippen LogP contribution in [0.1, 0.15) is 23.3 Å². The van der Waals surface area contributed by atoms with Gasteiger partial charge in [-0.1, -0.05) is 0 Å². The fourth-order valence-corrected chi connectivity index (χ4v) is 3.58. The zero-order chi connectivity index (χ0) is 14.8. The molecule has 1 fully saturated rings. The predicted molar refractivity (Wildman–Crippen MR) is 80.6 cm³/mol. The second-order valence-corrected chi connectivity index (χ2v) is 6.26. The van der Waals surface area contributed by atoms with E-state index in [1.165, 1.54) is 6.07 Å². The molecule has 3 heterocycles. The Morgan fingerprint density at radius 2 is 2.33 bits per heavy atom. The summed E-state index contributed by atoms with van der Waals surface area (Å²) < 4.78 is 11.0. The zero-order valence-electron chi connectivity index (χ0n) is 11.7. The monoisotopic (exact) mass is 307 g/mol. The minimum absolute atomic E-state index is 0.177. The molecular weight excluding hydrogens is 290 g/mol. The maximum atomic E-state index is 11.5. The van der Waals surface area contributed by atoms with Crippen LogP contribution in [-0.2, 0) is 6.54 Å². The van der Waals surface area contributed by atoms with Gasteiger partial charge in [0.15, 0.2) is 5.75 Å². The fraction of sp³-hybridized carbons (Fsp3) is 0.400. The molecule has 21 heavy (non-hydrogen) atoms. The molecule has 0 aliphatic carbocycles. The first-order valence-corrected chi connectivity index (χ1v) is 7.98. The van der Waals surface area contributed by atoms with E-state index in [0.717, 1.165) is 35.8 Å². The van der Waals surface area contributed by atoms with E-state index in [2.05, 4.69) is 4.90 Å². The Hall–Kier alpha value is -1.66. The molecule has 2 aromatic rings. The van der Waals surface area contributed by atoms with Crippen molar-refractivity contribution in [1.82, 2.24) is 4.90 Å². The second kappa shape index (κ2) is 5.99. The second-order valence-electron chi connectivity index (χ2n) is 5.11. The topological polar surface area (TPSA) is 66.8 Å². The van der Waals surface area contributed by atoms with Gasteiger partial charge in [0.05, 0.1) is 12.6 Å². The molecule has 1 atom stereocenters. The highest BCUT2D eigenvalue weighted by Crippen LogP contribution is 2.31. The maximum absolute atomic E-state index is 11.5. The quantitative estimate of drug-likeness (QED) is 0.940. The summed E-state index contributed by atoms with van der Waals surface area (Å²) in [5.74, 6) is 4.04. The first-order chi connectivity index (χ1) is 10.1. The van der Waals surface area contributed by atoms with Crippen LogP contribution in [0, 0.1) is 6.92 Å². The predicted octanol–water partition coefficient (Wildman–Crippen LogP) is 2.54. The van der Waals surface area contributed by atoms with Gasteiger partial charge >= 0.3 is 0 Å². The van der Waals surface area contributed by atoms with E-state index in [1.807, 2.05) is 30.8 Å². The molecule has 1 unspecified atom stereocenters. The molecule has 2 aromatic heterocycles. The molecule has 1 saturated heterocycles. The van der Waals surface area contributed by atoms with Crippen LogP contribution >= 0.6 is 11.8 Å². The molecule has 112 valence electrons. The summed E-state index contributed by atoms with van der Waals surface area (Å²) in [7, 11) is 0. The number of aryl methyl sites for hydroxylation is 1. The summed E-state index contributed by atoms with van der Waals surface area (Å²) in [4.78, 5) is 13.7. The van der Waals surface area contributed by atoms with Crippen LogP contribution in [0.2, 0.25) is 0 Å². The van der Waals surface area contributed by atoms with E-state index in [1.54, 1.807) is 0 Å². The molecule has 1 aliphatic rings. The molecule has 0 saturated carbocycles. The van der Waals surface area contributed by atoms with Crippen molar-refractivity contribution in [3.63, 3.8) is 0 Å². The molecule has 0 spiro atoms. The number of aromatic hydroxyl groups is 1. The summed E-state index contributed by atoms with van der Waals surface area (Å²) in [6.45, 7) is 3.36. The Balaban J connectivity index is 1.81. The van der Waals surface area contributed by atoms with Crippen LogP contribution < -0.4 is 5.43 Å². The zero-order valence-corrected chi connectivity index (χ0v) is 12.6. The van der Waals surface area contributed by atoms with Crippen LogP contribution in [0.4, 0.5) is 0 Å². The summed E-state index contributed by atoms with van der Waals surface area (Å²) in [6, 6.07) is 5.50. The standard InChI is InChI=1S/C15H17NO4S/c1-10-2-3-15(20-10)12-9-21-5-4-16(12)7-11-6-13(17)14(18)8-19-11/h2-3,6,8,12,18H,4-5,7,9H2,1H3. The minimum Gasteiger partial charge on any atom is -0.502 e. The van der Waals surface area contributed by atoms with Crippen LogP contribution in [0.25, 0.3) is 0 Å². The lowest BCUT2D eigenvalue weighted by Crippen LogP contribution is -2.35. The summed E-state index contributed by atoms with van der Waals surface area (Å²) in [5, 5.41) is 9.24. The number of hydrogen-bond acceptors (Lipinski definition) is 6. The third kappa shape index (κ3) is 3.16. The molecule has 0 bridgehead atoms. The largest absolute Gasteiger partial charge is 0.502 e. The van der Waals surface area contributed by atoms with Crippen LogP contribution in [0.5, 0.6) is 5.75 Å². The molecule has 0 aromatic carbocycles. The van der Waals surface area contributed by atoms with E-state index in [-0.39, 0.29) is 11.8 Å². The van der Waals surface area contributed by atoms with Crippen molar-refractivity contribution in [2.24, 2.45) is 0 Å². The van der Waals surface area contributed by atoms with Gasteiger partial charge in [-0.05, 0) is 19.1 Å². The first kappa shape index (κ1) is 14.3. The van der Waals surface area contributed by atoms with Gasteiger partial charge in [0.25, 0.3) is 0 Å². The highest BCUT2D eigenvalue weighted by Gasteiger charge is 2.27. The molecule has 0 amide bonds. The Morgan fingerprint density at radius 1 is 1.48 bits per heavy atom. The molecule has 6 heteroatoms. The van der Waals surface area contributed by atoms with E-state index in [4.69, 9.17) is 8.83 Å². The average Bonchev–Trinajstić information content (AvgIpc) is 2.90. The van der Waals surface area contributed by atoms with Crippen molar-refractivity contribution in [2.75, 3.05) is 18.1 Å². The average molecular weight is 307 g/mol. The number of hydrogen-bond donors (Lipinski definition) is 1. The van der Waals surface area contributed by atoms with Crippen LogP contribution in [0.3, 0.4) is 0 Å². The first-order valence-electron chi connectivity index (χ1n) is 6.82. The number of thioether (sulfide) groups is 1. The van der Waals surface area contributed by atoms with Crippen molar-refractivity contribution < 1.29 is 13.9 Å². The van der Waals surface area contributed by atoms with Crippen LogP contribution in [0.15, 0.2) is 38.1 Å². The minimum atomic E-state index is -0.409. The molecule has 1 N–H and O–H groups in total. The number of nitrogens with zero attached hydrogens (tertiary/aromatic N) is 1. The lowest BCUT2D eigenvalue weighted by molar-refractivity contribution is 0.172. The van der Waals surface area contributed by atoms with Gasteiger partial charge in [-0.2, -0.15) is 11.8 Å². The Kier molecular flexibility index (Phi) is 4.07. The summed E-state index contributed by atoms with van der Waals surface area (Å²) in [6.07, 6.45) is 1.10. The highest BCUT2D eigenvalue weighted by molar-refractivity contribution is 7.99. The summed E-state index contributed by atoms with van der Waals surface area (Å²) >= 11 is 1.89. The Morgan fingerprint density at radius 3 is 3.05 bits per heavy atom.